The van der Waals surface area contributed by atoms with Gasteiger partial charge in [-0.05, 0) is 87.3 Å². The number of likely N-dealkylation sites (tertiary alicyclic amines) is 2. The summed E-state index contributed by atoms with van der Waals surface area (Å²) in [6.45, 7) is 8.01. The fourth-order valence-corrected chi connectivity index (χ4v) is 9.77. The highest BCUT2D eigenvalue weighted by Gasteiger charge is 2.40. The normalized spacial score (nSPS) is 20.5. The quantitative estimate of drug-likeness (QED) is 0.248. The van der Waals surface area contributed by atoms with Crippen molar-refractivity contribution in [3.63, 3.8) is 0 Å². The van der Waals surface area contributed by atoms with Gasteiger partial charge in [0.25, 0.3) is 23.6 Å². The minimum absolute atomic E-state index is 0.212. The molecule has 2 bridgehead atoms. The lowest BCUT2D eigenvalue weighted by molar-refractivity contribution is 0.0573. The van der Waals surface area contributed by atoms with Gasteiger partial charge in [-0.1, -0.05) is 37.1 Å². The lowest BCUT2D eigenvalue weighted by Crippen LogP contribution is -2.48. The van der Waals surface area contributed by atoms with Gasteiger partial charge in [0, 0.05) is 83.1 Å². The SMILES string of the molecule is O=C1c2cccc3c4c(cc(c23)C(=O)N1CCN1CCCCC1)CN1CN4Cc2cc3c4c(cccc4c21)C(=O)N(CCN1CCCCC1)C3=O. The molecule has 6 aliphatic rings. The second kappa shape index (κ2) is 11.9. The molecule has 6 heterocycles. The number of carbonyl (C=O) groups excluding carboxylic acids is 4. The first kappa shape index (κ1) is 31.0. The topological polar surface area (TPSA) is 87.7 Å². The van der Waals surface area contributed by atoms with Crippen LogP contribution in [-0.4, -0.2) is 102 Å². The first-order valence-corrected chi connectivity index (χ1v) is 18.8. The fourth-order valence-electron chi connectivity index (χ4n) is 9.77. The van der Waals surface area contributed by atoms with Crippen molar-refractivity contribution in [2.75, 3.05) is 68.8 Å². The molecule has 0 spiro atoms. The van der Waals surface area contributed by atoms with Gasteiger partial charge in [0.05, 0.1) is 18.0 Å². The number of rotatable bonds is 6. The first-order valence-electron chi connectivity index (χ1n) is 18.8. The summed E-state index contributed by atoms with van der Waals surface area (Å²) in [5, 5.41) is 3.35. The van der Waals surface area contributed by atoms with Gasteiger partial charge in [-0.2, -0.15) is 0 Å². The Kier molecular flexibility index (Phi) is 7.22. The zero-order valence-electron chi connectivity index (χ0n) is 29.0. The smallest absolute Gasteiger partial charge is 0.261 e. The van der Waals surface area contributed by atoms with Crippen molar-refractivity contribution in [2.24, 2.45) is 0 Å². The Morgan fingerprint density at radius 2 is 0.882 bits per heavy atom. The van der Waals surface area contributed by atoms with Crippen molar-refractivity contribution >= 4 is 56.5 Å². The molecule has 2 fully saturated rings. The third-order valence-electron chi connectivity index (χ3n) is 12.2. The van der Waals surface area contributed by atoms with E-state index in [0.29, 0.717) is 68.2 Å². The van der Waals surface area contributed by atoms with Crippen LogP contribution in [0.5, 0.6) is 0 Å². The summed E-state index contributed by atoms with van der Waals surface area (Å²) in [5.41, 5.74) is 6.55. The van der Waals surface area contributed by atoms with E-state index in [0.717, 1.165) is 95.9 Å². The molecule has 0 radical (unpaired) electrons. The van der Waals surface area contributed by atoms with Crippen LogP contribution in [0.1, 0.15) is 91.1 Å². The maximum atomic E-state index is 14.1. The number of hydrogen-bond acceptors (Lipinski definition) is 8. The molecule has 10 nitrogen and oxygen atoms in total. The van der Waals surface area contributed by atoms with Crippen molar-refractivity contribution in [1.82, 2.24) is 19.6 Å². The molecule has 0 unspecified atom stereocenters. The number of fused-ring (bicyclic) bond motifs is 8. The van der Waals surface area contributed by atoms with Crippen molar-refractivity contribution < 1.29 is 19.2 Å². The Morgan fingerprint density at radius 1 is 0.471 bits per heavy atom. The average Bonchev–Trinajstić information content (AvgIpc) is 3.16. The number of carbonyl (C=O) groups is 4. The maximum absolute atomic E-state index is 14.1. The molecule has 51 heavy (non-hydrogen) atoms. The highest BCUT2D eigenvalue weighted by Crippen LogP contribution is 2.48. The molecule has 4 aromatic rings. The second-order valence-corrected chi connectivity index (χ2v) is 15.2. The van der Waals surface area contributed by atoms with Crippen molar-refractivity contribution in [3.05, 3.63) is 81.9 Å². The van der Waals surface area contributed by atoms with E-state index in [9.17, 15) is 19.2 Å². The molecule has 260 valence electrons. The summed E-state index contributed by atoms with van der Waals surface area (Å²) in [6, 6.07) is 15.7. The monoisotopic (exact) mass is 682 g/mol. The van der Waals surface area contributed by atoms with Crippen LogP contribution in [0, 0.1) is 0 Å². The number of piperidine rings is 2. The lowest BCUT2D eigenvalue weighted by Gasteiger charge is -2.46. The van der Waals surface area contributed by atoms with Crippen LogP contribution in [0.3, 0.4) is 0 Å². The predicted octanol–water partition coefficient (Wildman–Crippen LogP) is 5.45. The van der Waals surface area contributed by atoms with Crippen LogP contribution in [0.2, 0.25) is 0 Å². The van der Waals surface area contributed by atoms with Crippen LogP contribution in [0.15, 0.2) is 48.5 Å². The van der Waals surface area contributed by atoms with Crippen molar-refractivity contribution in [1.29, 1.82) is 0 Å². The summed E-state index contributed by atoms with van der Waals surface area (Å²) >= 11 is 0. The van der Waals surface area contributed by atoms with Crippen molar-refractivity contribution in [2.45, 2.75) is 51.6 Å². The second-order valence-electron chi connectivity index (χ2n) is 15.2. The first-order chi connectivity index (χ1) is 25.0. The molecular weight excluding hydrogens is 640 g/mol. The van der Waals surface area contributed by atoms with Crippen LogP contribution < -0.4 is 9.80 Å². The summed E-state index contributed by atoms with van der Waals surface area (Å²) in [5.74, 6) is -0.853. The van der Waals surface area contributed by atoms with Crippen LogP contribution in [0.25, 0.3) is 21.5 Å². The van der Waals surface area contributed by atoms with Gasteiger partial charge in [0.15, 0.2) is 0 Å². The van der Waals surface area contributed by atoms with Gasteiger partial charge in [0.1, 0.15) is 0 Å². The summed E-state index contributed by atoms with van der Waals surface area (Å²) < 4.78 is 0. The number of benzene rings is 4. The zero-order valence-corrected chi connectivity index (χ0v) is 29.0. The zero-order chi connectivity index (χ0) is 34.4. The number of anilines is 2. The van der Waals surface area contributed by atoms with E-state index in [-0.39, 0.29) is 23.6 Å². The molecule has 10 rings (SSSR count). The minimum atomic E-state index is -0.214. The van der Waals surface area contributed by atoms with Gasteiger partial charge in [-0.15, -0.1) is 0 Å². The Hall–Kier alpha value is -4.80. The Bertz CT molecular complexity index is 2030. The summed E-state index contributed by atoms with van der Waals surface area (Å²) in [7, 11) is 0. The molecule has 2 saturated heterocycles. The highest BCUT2D eigenvalue weighted by molar-refractivity contribution is 6.28. The molecular formula is C41H42N6O4. The van der Waals surface area contributed by atoms with Crippen LogP contribution in [0.4, 0.5) is 11.4 Å². The molecule has 4 aromatic carbocycles. The number of nitrogens with zero attached hydrogens (tertiary/aromatic N) is 6. The molecule has 0 aliphatic carbocycles. The van der Waals surface area contributed by atoms with Gasteiger partial charge in [0.2, 0.25) is 0 Å². The fraction of sp³-hybridized carbons (Fsp3) is 0.415. The summed E-state index contributed by atoms with van der Waals surface area (Å²) in [6.07, 6.45) is 7.12. The van der Waals surface area contributed by atoms with Gasteiger partial charge in [-0.3, -0.25) is 29.0 Å². The van der Waals surface area contributed by atoms with Gasteiger partial charge >= 0.3 is 0 Å². The van der Waals surface area contributed by atoms with Gasteiger partial charge < -0.3 is 19.6 Å². The number of amides is 4. The Balaban J connectivity index is 1.01. The van der Waals surface area contributed by atoms with Crippen LogP contribution in [-0.2, 0) is 13.1 Å². The summed E-state index contributed by atoms with van der Waals surface area (Å²) in [4.78, 5) is 68.3. The average molecular weight is 683 g/mol. The molecule has 0 atom stereocenters. The molecule has 0 N–H and O–H groups in total. The largest absolute Gasteiger partial charge is 0.349 e. The third kappa shape index (κ3) is 4.75. The standard InChI is InChI=1S/C41H42N6O4/c48-38-30-11-7-9-28-34(30)32(40(50)46(38)19-17-42-13-3-1-4-14-42)21-26-23-44-25-45(36(26)28)24-27-22-33-35-29(37(27)44)10-8-12-31(35)39(49)47(41(33)51)20-18-43-15-5-2-6-16-43/h7-12,21-22H,1-6,13-20,23-25H2. The van der Waals surface area contributed by atoms with E-state index in [4.69, 9.17) is 0 Å². The minimum Gasteiger partial charge on any atom is -0.349 e. The van der Waals surface area contributed by atoms with E-state index in [2.05, 4.69) is 19.6 Å². The molecule has 0 aromatic heterocycles. The van der Waals surface area contributed by atoms with Gasteiger partial charge in [-0.25, -0.2) is 0 Å². The number of imide groups is 2. The highest BCUT2D eigenvalue weighted by atomic mass is 16.2. The lowest BCUT2D eigenvalue weighted by atomic mass is 9.86. The number of hydrogen-bond donors (Lipinski definition) is 0. The molecule has 6 aliphatic heterocycles. The van der Waals surface area contributed by atoms with E-state index >= 15 is 0 Å². The van der Waals surface area contributed by atoms with E-state index in [1.54, 1.807) is 0 Å². The van der Waals surface area contributed by atoms with E-state index < -0.39 is 0 Å². The van der Waals surface area contributed by atoms with E-state index in [1.165, 1.54) is 22.6 Å². The molecule has 10 heteroatoms. The maximum Gasteiger partial charge on any atom is 0.261 e. The molecule has 0 saturated carbocycles. The predicted molar refractivity (Wildman–Crippen MR) is 196 cm³/mol. The Labute approximate surface area is 297 Å². The third-order valence-corrected chi connectivity index (χ3v) is 12.2. The van der Waals surface area contributed by atoms with Crippen molar-refractivity contribution in [3.8, 4) is 0 Å². The van der Waals surface area contributed by atoms with E-state index in [1.807, 2.05) is 48.5 Å². The molecule has 4 amide bonds. The van der Waals surface area contributed by atoms with Crippen LogP contribution >= 0.6 is 0 Å². The Morgan fingerprint density at radius 3 is 1.31 bits per heavy atom.